The van der Waals surface area contributed by atoms with E-state index >= 15 is 0 Å². The lowest BCUT2D eigenvalue weighted by Crippen LogP contribution is -2.57. The molecule has 4 aliphatic rings. The summed E-state index contributed by atoms with van der Waals surface area (Å²) in [6, 6.07) is 14.6. The van der Waals surface area contributed by atoms with Crippen molar-refractivity contribution in [3.8, 4) is 17.1 Å². The van der Waals surface area contributed by atoms with Gasteiger partial charge < -0.3 is 15.0 Å². The van der Waals surface area contributed by atoms with E-state index in [9.17, 15) is 9.18 Å². The fourth-order valence-corrected chi connectivity index (χ4v) is 8.92. The van der Waals surface area contributed by atoms with Gasteiger partial charge in [-0.05, 0) is 103 Å². The van der Waals surface area contributed by atoms with E-state index in [0.29, 0.717) is 63.5 Å². The molecule has 8 rings (SSSR count). The fraction of sp³-hybridized carbons (Fsp3) is 0.500. The van der Waals surface area contributed by atoms with E-state index in [4.69, 9.17) is 14.7 Å². The van der Waals surface area contributed by atoms with Gasteiger partial charge in [-0.2, -0.15) is 0 Å². The van der Waals surface area contributed by atoms with E-state index in [1.165, 1.54) is 26.0 Å². The lowest BCUT2D eigenvalue weighted by molar-refractivity contribution is -0.108. The molecular weight excluding hydrogens is 615 g/mol. The summed E-state index contributed by atoms with van der Waals surface area (Å²) in [5, 5.41) is 4.23. The molecule has 49 heavy (non-hydrogen) atoms. The lowest BCUT2D eigenvalue weighted by Gasteiger charge is -2.61. The van der Waals surface area contributed by atoms with Crippen molar-refractivity contribution < 1.29 is 9.13 Å². The van der Waals surface area contributed by atoms with Crippen LogP contribution in [0.15, 0.2) is 70.7 Å². The lowest BCUT2D eigenvalue weighted by atomic mass is 9.45. The Kier molecular flexibility index (Phi) is 8.96. The highest BCUT2D eigenvalue weighted by atomic mass is 19.1. The number of benzene rings is 2. The molecule has 258 valence electrons. The summed E-state index contributed by atoms with van der Waals surface area (Å²) < 4.78 is 21.7. The van der Waals surface area contributed by atoms with Gasteiger partial charge in [0.1, 0.15) is 17.4 Å². The maximum absolute atomic E-state index is 14.9. The number of pyridine rings is 1. The highest BCUT2D eigenvalue weighted by Crippen LogP contribution is 2.61. The van der Waals surface area contributed by atoms with Crippen molar-refractivity contribution in [1.82, 2.24) is 19.4 Å². The molecule has 3 heterocycles. The van der Waals surface area contributed by atoms with E-state index in [0.717, 1.165) is 42.6 Å². The van der Waals surface area contributed by atoms with E-state index < -0.39 is 0 Å². The number of methoxy groups -OCH3 is 1. The molecule has 1 saturated heterocycles. The van der Waals surface area contributed by atoms with Gasteiger partial charge in [-0.25, -0.2) is 14.4 Å². The van der Waals surface area contributed by atoms with Crippen molar-refractivity contribution in [2.75, 3.05) is 25.5 Å². The second kappa shape index (κ2) is 13.2. The van der Waals surface area contributed by atoms with Gasteiger partial charge in [0.05, 0.1) is 24.1 Å². The molecule has 2 aromatic heterocycles. The van der Waals surface area contributed by atoms with Crippen molar-refractivity contribution in [3.05, 3.63) is 82.7 Å². The van der Waals surface area contributed by atoms with Gasteiger partial charge in [0.25, 0.3) is 5.56 Å². The standard InChI is InChI=1S/C40H49FN6O2/c1-24-16-25(2)23-46(22-24)39(45-35-18-29-17-33(26(35)3)40(29,4)5)43-30-10-12-32-36(19-30)44-37(28-8-7-14-42-21-28)47(38(32)48)15-13-27-9-11-31(49-6)20-34(27)41/h7-12,14,19-21,24-26,29,33,35H,13,15-18,22-23H2,1-6H3,(H,43,45)/t24-,25+,26-,29-,33+,35?/m0/s1. The zero-order valence-corrected chi connectivity index (χ0v) is 29.6. The largest absolute Gasteiger partial charge is 0.497 e. The molecule has 3 aliphatic carbocycles. The topological polar surface area (TPSA) is 84.6 Å². The minimum atomic E-state index is -0.363. The summed E-state index contributed by atoms with van der Waals surface area (Å²) in [4.78, 5) is 31.4. The molecule has 8 nitrogen and oxygen atoms in total. The SMILES string of the molecule is COc1ccc(CCn2c(-c3cccnc3)nc3cc(N/C(=N/C4C[C@@H]5C[C@H]([C@@H]4C)C5(C)C)N4C[C@H](C)C[C@H](C)C4)ccc3c2=O)c(F)c1. The third-order valence-electron chi connectivity index (χ3n) is 11.8. The van der Waals surface area contributed by atoms with Gasteiger partial charge in [0.15, 0.2) is 5.96 Å². The second-order valence-electron chi connectivity index (χ2n) is 15.5. The first-order chi connectivity index (χ1) is 23.5. The van der Waals surface area contributed by atoms with Crippen LogP contribution in [-0.4, -0.2) is 51.6 Å². The fourth-order valence-electron chi connectivity index (χ4n) is 8.92. The van der Waals surface area contributed by atoms with Gasteiger partial charge in [-0.1, -0.05) is 40.7 Å². The molecule has 1 unspecified atom stereocenters. The summed E-state index contributed by atoms with van der Waals surface area (Å²) in [5.41, 5.74) is 2.91. The molecule has 2 aromatic carbocycles. The normalized spacial score (nSPS) is 26.3. The van der Waals surface area contributed by atoms with Crippen molar-refractivity contribution in [3.63, 3.8) is 0 Å². The number of rotatable bonds is 7. The number of likely N-dealkylation sites (tertiary alicyclic amines) is 1. The van der Waals surface area contributed by atoms with Crippen LogP contribution in [0.3, 0.4) is 0 Å². The van der Waals surface area contributed by atoms with Crippen molar-refractivity contribution in [2.45, 2.75) is 72.9 Å². The Hall–Kier alpha value is -4.27. The molecule has 9 heteroatoms. The number of nitrogens with zero attached hydrogens (tertiary/aromatic N) is 5. The first-order valence-corrected chi connectivity index (χ1v) is 17.9. The number of nitrogens with one attached hydrogen (secondary N) is 1. The summed E-state index contributed by atoms with van der Waals surface area (Å²) >= 11 is 0. The zero-order chi connectivity index (χ0) is 34.4. The highest BCUT2D eigenvalue weighted by molar-refractivity contribution is 5.96. The Morgan fingerprint density at radius 2 is 1.86 bits per heavy atom. The monoisotopic (exact) mass is 664 g/mol. The Morgan fingerprint density at radius 3 is 2.53 bits per heavy atom. The van der Waals surface area contributed by atoms with Crippen LogP contribution in [0.2, 0.25) is 0 Å². The number of aryl methyl sites for hydroxylation is 1. The van der Waals surface area contributed by atoms with Crippen LogP contribution in [0, 0.1) is 40.8 Å². The van der Waals surface area contributed by atoms with Crippen molar-refractivity contribution in [1.29, 1.82) is 0 Å². The Bertz CT molecular complexity index is 1910. The quantitative estimate of drug-likeness (QED) is 0.161. The molecule has 6 atom stereocenters. The average Bonchev–Trinajstić information content (AvgIpc) is 3.08. The number of anilines is 1. The highest BCUT2D eigenvalue weighted by Gasteiger charge is 2.56. The molecule has 4 aromatic rings. The first-order valence-electron chi connectivity index (χ1n) is 17.9. The molecule has 0 amide bonds. The van der Waals surface area contributed by atoms with E-state index in [1.807, 2.05) is 30.3 Å². The minimum Gasteiger partial charge on any atom is -0.497 e. The number of guanidine groups is 1. The molecule has 1 aliphatic heterocycles. The van der Waals surface area contributed by atoms with Gasteiger partial charge >= 0.3 is 0 Å². The average molecular weight is 665 g/mol. The predicted molar refractivity (Wildman–Crippen MR) is 194 cm³/mol. The summed E-state index contributed by atoms with van der Waals surface area (Å²) in [7, 11) is 1.51. The summed E-state index contributed by atoms with van der Waals surface area (Å²) in [6.07, 6.45) is 7.39. The number of aliphatic imine (C=N–C) groups is 1. The maximum atomic E-state index is 14.9. The number of fused-ring (bicyclic) bond motifs is 3. The van der Waals surface area contributed by atoms with Crippen LogP contribution in [0.4, 0.5) is 10.1 Å². The molecule has 4 fully saturated rings. The molecule has 2 bridgehead atoms. The number of hydrogen-bond acceptors (Lipinski definition) is 5. The van der Waals surface area contributed by atoms with E-state index in [2.05, 4.69) is 49.8 Å². The Balaban J connectivity index is 1.24. The number of aromatic nitrogens is 3. The van der Waals surface area contributed by atoms with Crippen molar-refractivity contribution >= 4 is 22.5 Å². The van der Waals surface area contributed by atoms with E-state index in [1.54, 1.807) is 29.1 Å². The molecule has 0 radical (unpaired) electrons. The molecule has 1 N–H and O–H groups in total. The van der Waals surface area contributed by atoms with Crippen LogP contribution in [0.1, 0.15) is 59.4 Å². The van der Waals surface area contributed by atoms with Gasteiger partial charge in [0, 0.05) is 49.3 Å². The molecule has 3 saturated carbocycles. The molecular formula is C40H49FN6O2. The number of halogens is 1. The van der Waals surface area contributed by atoms with Crippen LogP contribution in [0.25, 0.3) is 22.3 Å². The first kappa shape index (κ1) is 33.2. The third kappa shape index (κ3) is 6.44. The predicted octanol–water partition coefficient (Wildman–Crippen LogP) is 7.67. The van der Waals surface area contributed by atoms with Crippen LogP contribution in [-0.2, 0) is 13.0 Å². The van der Waals surface area contributed by atoms with Crippen molar-refractivity contribution in [2.24, 2.45) is 40.0 Å². The molecule has 0 spiro atoms. The summed E-state index contributed by atoms with van der Waals surface area (Å²) in [6.45, 7) is 14.1. The maximum Gasteiger partial charge on any atom is 0.261 e. The smallest absolute Gasteiger partial charge is 0.261 e. The van der Waals surface area contributed by atoms with Gasteiger partial charge in [0.2, 0.25) is 0 Å². The second-order valence-corrected chi connectivity index (χ2v) is 15.5. The Labute approximate surface area is 288 Å². The number of ether oxygens (including phenoxy) is 1. The van der Waals surface area contributed by atoms with Gasteiger partial charge in [-0.15, -0.1) is 0 Å². The number of hydrogen-bond donors (Lipinski definition) is 1. The van der Waals surface area contributed by atoms with Crippen LogP contribution in [0.5, 0.6) is 5.75 Å². The van der Waals surface area contributed by atoms with Crippen LogP contribution >= 0.6 is 0 Å². The van der Waals surface area contributed by atoms with E-state index in [-0.39, 0.29) is 24.0 Å². The third-order valence-corrected chi connectivity index (χ3v) is 11.8. The van der Waals surface area contributed by atoms with Crippen LogP contribution < -0.4 is 15.6 Å². The minimum absolute atomic E-state index is 0.172. The zero-order valence-electron chi connectivity index (χ0n) is 29.6. The Morgan fingerprint density at radius 1 is 1.06 bits per heavy atom. The number of piperidine rings is 1. The van der Waals surface area contributed by atoms with Gasteiger partial charge in [-0.3, -0.25) is 14.3 Å². The summed E-state index contributed by atoms with van der Waals surface area (Å²) in [5.74, 6) is 4.64.